The predicted molar refractivity (Wildman–Crippen MR) is 60.8 cm³/mol. The summed E-state index contributed by atoms with van der Waals surface area (Å²) in [6.07, 6.45) is 4.34. The summed E-state index contributed by atoms with van der Waals surface area (Å²) in [5.74, 6) is 0. The molecule has 1 fully saturated rings. The van der Waals surface area contributed by atoms with Crippen LogP contribution in [-0.2, 0) is 6.54 Å². The second-order valence-electron chi connectivity index (χ2n) is 4.33. The molecule has 4 heteroatoms. The number of nitrogens with zero attached hydrogens (tertiary/aromatic N) is 3. The Hall–Kier alpha value is -0.870. The molecule has 0 bridgehead atoms. The highest BCUT2D eigenvalue weighted by atomic mass is 15.3. The minimum absolute atomic E-state index is 0.597. The molecule has 15 heavy (non-hydrogen) atoms. The van der Waals surface area contributed by atoms with E-state index in [1.54, 1.807) is 0 Å². The van der Waals surface area contributed by atoms with Crippen molar-refractivity contribution in [3.8, 4) is 0 Å². The van der Waals surface area contributed by atoms with Crippen LogP contribution in [0.15, 0.2) is 12.3 Å². The second kappa shape index (κ2) is 4.77. The fraction of sp³-hybridized carbons (Fsp3) is 0.727. The summed E-state index contributed by atoms with van der Waals surface area (Å²) in [4.78, 5) is 2.39. The zero-order chi connectivity index (χ0) is 10.7. The Morgan fingerprint density at radius 3 is 2.87 bits per heavy atom. The molecule has 0 aliphatic carbocycles. The Bertz CT molecular complexity index is 299. The summed E-state index contributed by atoms with van der Waals surface area (Å²) in [6, 6.07) is 2.70. The van der Waals surface area contributed by atoms with E-state index in [4.69, 9.17) is 0 Å². The van der Waals surface area contributed by atoms with Gasteiger partial charge in [-0.05, 0) is 46.1 Å². The SMILES string of the molecule is CNCc1ccnn1C1CCN(C)CC1. The number of likely N-dealkylation sites (tertiary alicyclic amines) is 1. The third-order valence-corrected chi connectivity index (χ3v) is 3.14. The van der Waals surface area contributed by atoms with Crippen molar-refractivity contribution in [2.45, 2.75) is 25.4 Å². The van der Waals surface area contributed by atoms with Crippen LogP contribution in [0.1, 0.15) is 24.6 Å². The molecule has 1 aliphatic rings. The van der Waals surface area contributed by atoms with Gasteiger partial charge in [-0.15, -0.1) is 0 Å². The molecule has 0 unspecified atom stereocenters. The smallest absolute Gasteiger partial charge is 0.0547 e. The lowest BCUT2D eigenvalue weighted by atomic mass is 10.1. The van der Waals surface area contributed by atoms with Gasteiger partial charge in [0, 0.05) is 12.7 Å². The van der Waals surface area contributed by atoms with Crippen LogP contribution in [0.3, 0.4) is 0 Å². The number of hydrogen-bond acceptors (Lipinski definition) is 3. The molecule has 1 aromatic rings. The Labute approximate surface area is 91.3 Å². The van der Waals surface area contributed by atoms with Crippen LogP contribution in [0.4, 0.5) is 0 Å². The van der Waals surface area contributed by atoms with E-state index in [9.17, 15) is 0 Å². The lowest BCUT2D eigenvalue weighted by molar-refractivity contribution is 0.209. The molecule has 84 valence electrons. The van der Waals surface area contributed by atoms with Gasteiger partial charge in [-0.3, -0.25) is 4.68 Å². The maximum absolute atomic E-state index is 4.44. The molecule has 0 amide bonds. The van der Waals surface area contributed by atoms with E-state index < -0.39 is 0 Å². The molecule has 1 saturated heterocycles. The normalized spacial score (nSPS) is 19.6. The van der Waals surface area contributed by atoms with Crippen molar-refractivity contribution in [3.63, 3.8) is 0 Å². The standard InChI is InChI=1S/C11H20N4/c1-12-9-11-3-6-13-15(11)10-4-7-14(2)8-5-10/h3,6,10,12H,4-5,7-9H2,1-2H3. The molecule has 2 heterocycles. The number of aromatic nitrogens is 2. The van der Waals surface area contributed by atoms with E-state index in [1.807, 2.05) is 13.2 Å². The van der Waals surface area contributed by atoms with Gasteiger partial charge in [-0.25, -0.2) is 0 Å². The maximum Gasteiger partial charge on any atom is 0.0547 e. The Balaban J connectivity index is 2.05. The van der Waals surface area contributed by atoms with Gasteiger partial charge in [0.2, 0.25) is 0 Å². The van der Waals surface area contributed by atoms with E-state index >= 15 is 0 Å². The van der Waals surface area contributed by atoms with Crippen LogP contribution in [0, 0.1) is 0 Å². The average molecular weight is 208 g/mol. The third kappa shape index (κ3) is 2.38. The fourth-order valence-corrected chi connectivity index (χ4v) is 2.23. The van der Waals surface area contributed by atoms with Crippen LogP contribution in [-0.4, -0.2) is 41.9 Å². The fourth-order valence-electron chi connectivity index (χ4n) is 2.23. The van der Waals surface area contributed by atoms with Crippen LogP contribution in [0.25, 0.3) is 0 Å². The number of rotatable bonds is 3. The summed E-state index contributed by atoms with van der Waals surface area (Å²) in [6.45, 7) is 3.28. The molecule has 2 rings (SSSR count). The van der Waals surface area contributed by atoms with Gasteiger partial charge in [0.15, 0.2) is 0 Å². The summed E-state index contributed by atoms with van der Waals surface area (Å²) in [5, 5.41) is 7.63. The zero-order valence-corrected chi connectivity index (χ0v) is 9.61. The first-order chi connectivity index (χ1) is 7.31. The van der Waals surface area contributed by atoms with Gasteiger partial charge >= 0.3 is 0 Å². The van der Waals surface area contributed by atoms with Gasteiger partial charge in [-0.1, -0.05) is 0 Å². The molecule has 1 aromatic heterocycles. The monoisotopic (exact) mass is 208 g/mol. The van der Waals surface area contributed by atoms with Crippen LogP contribution >= 0.6 is 0 Å². The van der Waals surface area contributed by atoms with Crippen LogP contribution in [0.5, 0.6) is 0 Å². The summed E-state index contributed by atoms with van der Waals surface area (Å²) < 4.78 is 2.20. The van der Waals surface area contributed by atoms with Crippen molar-refractivity contribution in [2.75, 3.05) is 27.2 Å². The van der Waals surface area contributed by atoms with E-state index in [-0.39, 0.29) is 0 Å². The topological polar surface area (TPSA) is 33.1 Å². The average Bonchev–Trinajstić information content (AvgIpc) is 2.68. The number of piperidine rings is 1. The summed E-state index contributed by atoms with van der Waals surface area (Å²) in [7, 11) is 4.17. The number of hydrogen-bond donors (Lipinski definition) is 1. The molecule has 0 aromatic carbocycles. The highest BCUT2D eigenvalue weighted by molar-refractivity contribution is 5.02. The minimum Gasteiger partial charge on any atom is -0.314 e. The molecule has 0 atom stereocenters. The molecule has 1 N–H and O–H groups in total. The van der Waals surface area contributed by atoms with E-state index in [0.29, 0.717) is 6.04 Å². The molecule has 0 spiro atoms. The molecule has 1 aliphatic heterocycles. The Morgan fingerprint density at radius 1 is 1.47 bits per heavy atom. The molecule has 0 saturated carbocycles. The van der Waals surface area contributed by atoms with Gasteiger partial charge in [-0.2, -0.15) is 5.10 Å². The lowest BCUT2D eigenvalue weighted by Gasteiger charge is -2.30. The lowest BCUT2D eigenvalue weighted by Crippen LogP contribution is -2.32. The van der Waals surface area contributed by atoms with Crippen molar-refractivity contribution < 1.29 is 0 Å². The molecular weight excluding hydrogens is 188 g/mol. The van der Waals surface area contributed by atoms with Gasteiger partial charge in [0.25, 0.3) is 0 Å². The highest BCUT2D eigenvalue weighted by Gasteiger charge is 2.20. The highest BCUT2D eigenvalue weighted by Crippen LogP contribution is 2.22. The van der Waals surface area contributed by atoms with Crippen molar-refractivity contribution in [1.29, 1.82) is 0 Å². The first-order valence-corrected chi connectivity index (χ1v) is 5.67. The van der Waals surface area contributed by atoms with Crippen LogP contribution in [0.2, 0.25) is 0 Å². The largest absolute Gasteiger partial charge is 0.314 e. The Morgan fingerprint density at radius 2 is 2.20 bits per heavy atom. The third-order valence-electron chi connectivity index (χ3n) is 3.14. The minimum atomic E-state index is 0.597. The summed E-state index contributed by atoms with van der Waals surface area (Å²) >= 11 is 0. The molecule has 0 radical (unpaired) electrons. The first kappa shape index (κ1) is 10.6. The second-order valence-corrected chi connectivity index (χ2v) is 4.33. The molecular formula is C11H20N4. The van der Waals surface area contributed by atoms with Crippen molar-refractivity contribution >= 4 is 0 Å². The quantitative estimate of drug-likeness (QED) is 0.800. The molecule has 4 nitrogen and oxygen atoms in total. The summed E-state index contributed by atoms with van der Waals surface area (Å²) in [5.41, 5.74) is 1.30. The van der Waals surface area contributed by atoms with E-state index in [1.165, 1.54) is 31.6 Å². The predicted octanol–water partition coefficient (Wildman–Crippen LogP) is 0.869. The van der Waals surface area contributed by atoms with Crippen molar-refractivity contribution in [1.82, 2.24) is 20.0 Å². The zero-order valence-electron chi connectivity index (χ0n) is 9.61. The van der Waals surface area contributed by atoms with Gasteiger partial charge < -0.3 is 10.2 Å². The van der Waals surface area contributed by atoms with Crippen LogP contribution < -0.4 is 5.32 Å². The van der Waals surface area contributed by atoms with E-state index in [2.05, 4.69) is 33.1 Å². The van der Waals surface area contributed by atoms with Crippen molar-refractivity contribution in [2.24, 2.45) is 0 Å². The Kier molecular flexibility index (Phi) is 3.38. The maximum atomic E-state index is 4.44. The first-order valence-electron chi connectivity index (χ1n) is 5.67. The van der Waals surface area contributed by atoms with E-state index in [0.717, 1.165) is 6.54 Å². The van der Waals surface area contributed by atoms with Crippen molar-refractivity contribution in [3.05, 3.63) is 18.0 Å². The van der Waals surface area contributed by atoms with Gasteiger partial charge in [0.05, 0.1) is 11.7 Å². The van der Waals surface area contributed by atoms with Gasteiger partial charge in [0.1, 0.15) is 0 Å². The number of nitrogens with one attached hydrogen (secondary N) is 1.